The van der Waals surface area contributed by atoms with E-state index in [1.165, 1.54) is 6.92 Å². The summed E-state index contributed by atoms with van der Waals surface area (Å²) in [6.45, 7) is 4.83. The Balaban J connectivity index is 1.74. The van der Waals surface area contributed by atoms with E-state index in [2.05, 4.69) is 11.3 Å². The topological polar surface area (TPSA) is 93.1 Å². The molecule has 0 aromatic rings. The lowest BCUT2D eigenvalue weighted by Crippen LogP contribution is -2.67. The van der Waals surface area contributed by atoms with E-state index in [9.17, 15) is 19.8 Å². The van der Waals surface area contributed by atoms with E-state index in [4.69, 9.17) is 4.74 Å². The lowest BCUT2D eigenvalue weighted by molar-refractivity contribution is -0.255. The van der Waals surface area contributed by atoms with Gasteiger partial charge in [0, 0.05) is 24.8 Å². The molecule has 0 spiro atoms. The van der Waals surface area contributed by atoms with Crippen molar-refractivity contribution in [3.63, 3.8) is 0 Å². The van der Waals surface area contributed by atoms with Crippen LogP contribution in [0.25, 0.3) is 0 Å². The maximum absolute atomic E-state index is 11.8. The molecule has 4 aliphatic carbocycles. The minimum atomic E-state index is -1.09. The second-order valence-corrected chi connectivity index (χ2v) is 7.16. The predicted molar refractivity (Wildman–Crippen MR) is 71.2 cm³/mol. The van der Waals surface area contributed by atoms with Crippen molar-refractivity contribution in [1.29, 1.82) is 0 Å². The molecule has 116 valence electrons. The quantitative estimate of drug-likeness (QED) is 0.455. The number of rotatable bonds is 2. The van der Waals surface area contributed by atoms with Gasteiger partial charge in [-0.25, -0.2) is 9.59 Å². The SMILES string of the molecule is C=C(C)C(=O)OC(=O)OC12CC3CC(O)(CC(O)(C3)C1)C2. The summed E-state index contributed by atoms with van der Waals surface area (Å²) in [6.07, 6.45) is 1.65. The van der Waals surface area contributed by atoms with Gasteiger partial charge in [-0.05, 0) is 32.1 Å². The number of ether oxygens (including phenoxy) is 2. The third-order valence-electron chi connectivity index (χ3n) is 4.78. The fraction of sp³-hybridized carbons (Fsp3) is 0.733. The third-order valence-corrected chi connectivity index (χ3v) is 4.78. The molecule has 0 amide bonds. The Morgan fingerprint density at radius 1 is 1.10 bits per heavy atom. The summed E-state index contributed by atoms with van der Waals surface area (Å²) in [5.41, 5.74) is -2.82. The van der Waals surface area contributed by atoms with Crippen molar-refractivity contribution in [2.45, 2.75) is 62.3 Å². The first-order chi connectivity index (χ1) is 9.63. The summed E-state index contributed by atoms with van der Waals surface area (Å²) in [5.74, 6) is -0.706. The van der Waals surface area contributed by atoms with Crippen molar-refractivity contribution < 1.29 is 29.3 Å². The second-order valence-electron chi connectivity index (χ2n) is 7.16. The highest BCUT2D eigenvalue weighted by molar-refractivity contribution is 5.93. The van der Waals surface area contributed by atoms with Crippen LogP contribution in [-0.4, -0.2) is 39.1 Å². The molecule has 4 fully saturated rings. The first-order valence-corrected chi connectivity index (χ1v) is 7.18. The maximum atomic E-state index is 11.8. The zero-order chi connectivity index (χ0) is 15.5. The molecule has 6 nitrogen and oxygen atoms in total. The van der Waals surface area contributed by atoms with Crippen LogP contribution in [0.2, 0.25) is 0 Å². The molecule has 0 aliphatic heterocycles. The van der Waals surface area contributed by atoms with Gasteiger partial charge in [-0.1, -0.05) is 6.58 Å². The maximum Gasteiger partial charge on any atom is 0.516 e. The average Bonchev–Trinajstić information content (AvgIpc) is 2.21. The van der Waals surface area contributed by atoms with Crippen LogP contribution >= 0.6 is 0 Å². The average molecular weight is 296 g/mol. The van der Waals surface area contributed by atoms with Gasteiger partial charge in [0.25, 0.3) is 0 Å². The van der Waals surface area contributed by atoms with Crippen LogP contribution in [0.4, 0.5) is 4.79 Å². The Kier molecular flexibility index (Phi) is 2.98. The number of aliphatic hydroxyl groups is 2. The molecule has 2 unspecified atom stereocenters. The molecule has 0 aromatic heterocycles. The number of hydrogen-bond acceptors (Lipinski definition) is 6. The molecule has 2 atom stereocenters. The highest BCUT2D eigenvalue weighted by atomic mass is 16.7. The predicted octanol–water partition coefficient (Wildman–Crippen LogP) is 1.44. The lowest BCUT2D eigenvalue weighted by Gasteiger charge is -2.61. The van der Waals surface area contributed by atoms with Crippen LogP contribution in [0.5, 0.6) is 0 Å². The molecule has 0 aromatic carbocycles. The summed E-state index contributed by atoms with van der Waals surface area (Å²) < 4.78 is 9.91. The summed E-state index contributed by atoms with van der Waals surface area (Å²) in [7, 11) is 0. The van der Waals surface area contributed by atoms with Crippen molar-refractivity contribution in [2.24, 2.45) is 5.92 Å². The second kappa shape index (κ2) is 4.30. The first-order valence-electron chi connectivity index (χ1n) is 7.18. The van der Waals surface area contributed by atoms with Gasteiger partial charge in [-0.3, -0.25) is 0 Å². The fourth-order valence-electron chi connectivity index (χ4n) is 4.72. The third kappa shape index (κ3) is 2.58. The van der Waals surface area contributed by atoms with Crippen LogP contribution in [0.3, 0.4) is 0 Å². The van der Waals surface area contributed by atoms with E-state index >= 15 is 0 Å². The minimum absolute atomic E-state index is 0.106. The van der Waals surface area contributed by atoms with Gasteiger partial charge in [0.1, 0.15) is 5.60 Å². The summed E-state index contributed by atoms with van der Waals surface area (Å²) in [4.78, 5) is 23.1. The largest absolute Gasteiger partial charge is 0.516 e. The number of esters is 1. The Bertz CT molecular complexity index is 506. The molecular weight excluding hydrogens is 276 g/mol. The van der Waals surface area contributed by atoms with Gasteiger partial charge in [-0.2, -0.15) is 0 Å². The molecule has 2 N–H and O–H groups in total. The molecule has 0 saturated heterocycles. The van der Waals surface area contributed by atoms with Crippen molar-refractivity contribution >= 4 is 12.1 Å². The monoisotopic (exact) mass is 296 g/mol. The molecule has 4 saturated carbocycles. The van der Waals surface area contributed by atoms with Crippen LogP contribution in [0.1, 0.15) is 45.4 Å². The zero-order valence-electron chi connectivity index (χ0n) is 12.1. The number of carbonyl (C=O) groups is 2. The van der Waals surface area contributed by atoms with Crippen molar-refractivity contribution in [3.05, 3.63) is 12.2 Å². The van der Waals surface area contributed by atoms with Crippen LogP contribution in [-0.2, 0) is 14.3 Å². The molecule has 6 heteroatoms. The Morgan fingerprint density at radius 3 is 2.14 bits per heavy atom. The van der Waals surface area contributed by atoms with Gasteiger partial charge in [0.15, 0.2) is 0 Å². The van der Waals surface area contributed by atoms with Crippen LogP contribution < -0.4 is 0 Å². The van der Waals surface area contributed by atoms with Gasteiger partial charge < -0.3 is 19.7 Å². The van der Waals surface area contributed by atoms with Gasteiger partial charge >= 0.3 is 12.1 Å². The lowest BCUT2D eigenvalue weighted by atomic mass is 9.50. The molecule has 21 heavy (non-hydrogen) atoms. The van der Waals surface area contributed by atoms with Gasteiger partial charge in [0.2, 0.25) is 0 Å². The first kappa shape index (κ1) is 14.5. The van der Waals surface area contributed by atoms with E-state index in [1.807, 2.05) is 0 Å². The Labute approximate surface area is 122 Å². The molecular formula is C15H20O6. The van der Waals surface area contributed by atoms with Crippen molar-refractivity contribution in [3.8, 4) is 0 Å². The zero-order valence-corrected chi connectivity index (χ0v) is 12.1. The van der Waals surface area contributed by atoms with Gasteiger partial charge in [0.05, 0.1) is 11.2 Å². The number of carbonyl (C=O) groups excluding carboxylic acids is 2. The fourth-order valence-corrected chi connectivity index (χ4v) is 4.72. The van der Waals surface area contributed by atoms with E-state index in [0.717, 1.165) is 0 Å². The normalized spacial score (nSPS) is 43.5. The van der Waals surface area contributed by atoms with Gasteiger partial charge in [-0.15, -0.1) is 0 Å². The molecule has 4 bridgehead atoms. The summed E-state index contributed by atoms with van der Waals surface area (Å²) in [6, 6.07) is 0. The Morgan fingerprint density at radius 2 is 1.67 bits per heavy atom. The van der Waals surface area contributed by atoms with Crippen molar-refractivity contribution in [2.75, 3.05) is 0 Å². The smallest absolute Gasteiger partial charge is 0.427 e. The van der Waals surface area contributed by atoms with Crippen LogP contribution in [0.15, 0.2) is 12.2 Å². The van der Waals surface area contributed by atoms with E-state index in [1.54, 1.807) is 0 Å². The number of hydrogen-bond donors (Lipinski definition) is 2. The standard InChI is InChI=1S/C15H20O6/c1-9(2)11(16)20-12(17)21-15-5-10-3-13(18,7-15)6-14(19,4-10)8-15/h10,18-19H,1,3-8H2,2H3. The highest BCUT2D eigenvalue weighted by Gasteiger charge is 2.64. The van der Waals surface area contributed by atoms with E-state index < -0.39 is 28.9 Å². The van der Waals surface area contributed by atoms with E-state index in [-0.39, 0.29) is 24.3 Å². The molecule has 0 heterocycles. The summed E-state index contributed by atoms with van der Waals surface area (Å²) >= 11 is 0. The van der Waals surface area contributed by atoms with Crippen molar-refractivity contribution in [1.82, 2.24) is 0 Å². The molecule has 4 rings (SSSR count). The molecule has 0 radical (unpaired) electrons. The summed E-state index contributed by atoms with van der Waals surface area (Å²) in [5, 5.41) is 21.1. The van der Waals surface area contributed by atoms with E-state index in [0.29, 0.717) is 25.7 Å². The molecule has 4 aliphatic rings. The Hall–Kier alpha value is -1.40. The highest BCUT2D eigenvalue weighted by Crippen LogP contribution is 2.60. The van der Waals surface area contributed by atoms with Crippen LogP contribution in [0, 0.1) is 5.92 Å². The minimum Gasteiger partial charge on any atom is -0.427 e.